The molecule has 3 nitrogen and oxygen atoms in total. The van der Waals surface area contributed by atoms with Crippen LogP contribution in [-0.2, 0) is 9.53 Å². The van der Waals surface area contributed by atoms with E-state index in [2.05, 4.69) is 0 Å². The SMILES string of the molecule is CCC(CC)(CCCO)C(=O)OC. The van der Waals surface area contributed by atoms with Crippen LogP contribution in [0.3, 0.4) is 0 Å². The Bertz CT molecular complexity index is 150. The van der Waals surface area contributed by atoms with Gasteiger partial charge >= 0.3 is 5.97 Å². The summed E-state index contributed by atoms with van der Waals surface area (Å²) in [5.41, 5.74) is -0.377. The summed E-state index contributed by atoms with van der Waals surface area (Å²) < 4.78 is 4.77. The van der Waals surface area contributed by atoms with Crippen LogP contribution in [0.1, 0.15) is 39.5 Å². The third-order valence-corrected chi connectivity index (χ3v) is 2.79. The molecule has 0 saturated carbocycles. The van der Waals surface area contributed by atoms with Gasteiger partial charge in [-0.3, -0.25) is 4.79 Å². The highest BCUT2D eigenvalue weighted by atomic mass is 16.5. The van der Waals surface area contributed by atoms with Gasteiger partial charge in [-0.05, 0) is 25.7 Å². The van der Waals surface area contributed by atoms with Crippen molar-refractivity contribution in [3.63, 3.8) is 0 Å². The molecular formula is C10H20O3. The standard InChI is InChI=1S/C10H20O3/c1-4-10(5-2,7-6-8-11)9(12)13-3/h11H,4-8H2,1-3H3. The smallest absolute Gasteiger partial charge is 0.311 e. The van der Waals surface area contributed by atoms with Crippen LogP contribution >= 0.6 is 0 Å². The Morgan fingerprint density at radius 1 is 1.38 bits per heavy atom. The average Bonchev–Trinajstić information content (AvgIpc) is 2.19. The van der Waals surface area contributed by atoms with E-state index in [1.807, 2.05) is 13.8 Å². The molecule has 0 aliphatic carbocycles. The minimum Gasteiger partial charge on any atom is -0.469 e. The lowest BCUT2D eigenvalue weighted by Crippen LogP contribution is -2.31. The van der Waals surface area contributed by atoms with Crippen LogP contribution in [0, 0.1) is 5.41 Å². The highest BCUT2D eigenvalue weighted by Gasteiger charge is 2.34. The number of hydrogen-bond donors (Lipinski definition) is 1. The minimum absolute atomic E-state index is 0.138. The second-order valence-electron chi connectivity index (χ2n) is 3.31. The first-order chi connectivity index (χ1) is 6.16. The van der Waals surface area contributed by atoms with Gasteiger partial charge in [0.2, 0.25) is 0 Å². The molecule has 0 aliphatic rings. The van der Waals surface area contributed by atoms with Gasteiger partial charge in [-0.15, -0.1) is 0 Å². The van der Waals surface area contributed by atoms with Gasteiger partial charge in [0.25, 0.3) is 0 Å². The van der Waals surface area contributed by atoms with Crippen LogP contribution < -0.4 is 0 Å². The van der Waals surface area contributed by atoms with Crippen molar-refractivity contribution in [1.29, 1.82) is 0 Å². The molecule has 0 unspecified atom stereocenters. The first-order valence-corrected chi connectivity index (χ1v) is 4.86. The second kappa shape index (κ2) is 5.97. The zero-order valence-electron chi connectivity index (χ0n) is 8.80. The van der Waals surface area contributed by atoms with Gasteiger partial charge in [0.1, 0.15) is 0 Å². The molecular weight excluding hydrogens is 168 g/mol. The average molecular weight is 188 g/mol. The Balaban J connectivity index is 4.39. The van der Waals surface area contributed by atoms with E-state index < -0.39 is 0 Å². The van der Waals surface area contributed by atoms with Gasteiger partial charge in [-0.25, -0.2) is 0 Å². The molecule has 0 heterocycles. The third kappa shape index (κ3) is 2.99. The van der Waals surface area contributed by atoms with E-state index in [0.717, 1.165) is 12.8 Å². The number of carbonyl (C=O) groups is 1. The van der Waals surface area contributed by atoms with E-state index in [1.54, 1.807) is 0 Å². The van der Waals surface area contributed by atoms with Crippen molar-refractivity contribution in [3.05, 3.63) is 0 Å². The first kappa shape index (κ1) is 12.4. The van der Waals surface area contributed by atoms with Gasteiger partial charge in [-0.1, -0.05) is 13.8 Å². The van der Waals surface area contributed by atoms with Gasteiger partial charge in [0, 0.05) is 6.61 Å². The van der Waals surface area contributed by atoms with E-state index in [9.17, 15) is 4.79 Å². The van der Waals surface area contributed by atoms with Crippen molar-refractivity contribution in [3.8, 4) is 0 Å². The lowest BCUT2D eigenvalue weighted by Gasteiger charge is -2.28. The lowest BCUT2D eigenvalue weighted by molar-refractivity contribution is -0.154. The molecule has 0 radical (unpaired) electrons. The fraction of sp³-hybridized carbons (Fsp3) is 0.900. The number of carbonyl (C=O) groups excluding carboxylic acids is 1. The molecule has 0 saturated heterocycles. The third-order valence-electron chi connectivity index (χ3n) is 2.79. The summed E-state index contributed by atoms with van der Waals surface area (Å²) in [7, 11) is 1.42. The highest BCUT2D eigenvalue weighted by Crippen LogP contribution is 2.33. The normalized spacial score (nSPS) is 11.4. The van der Waals surface area contributed by atoms with Crippen LogP contribution in [0.4, 0.5) is 0 Å². The summed E-state index contributed by atoms with van der Waals surface area (Å²) in [4.78, 5) is 11.5. The molecule has 78 valence electrons. The van der Waals surface area contributed by atoms with E-state index >= 15 is 0 Å². The Morgan fingerprint density at radius 2 is 1.92 bits per heavy atom. The maximum absolute atomic E-state index is 11.5. The molecule has 0 bridgehead atoms. The molecule has 0 fully saturated rings. The number of hydrogen-bond acceptors (Lipinski definition) is 3. The van der Waals surface area contributed by atoms with Crippen molar-refractivity contribution in [2.45, 2.75) is 39.5 Å². The maximum atomic E-state index is 11.5. The van der Waals surface area contributed by atoms with Crippen molar-refractivity contribution < 1.29 is 14.6 Å². The predicted octanol–water partition coefficient (Wildman–Crippen LogP) is 1.74. The number of aliphatic hydroxyl groups excluding tert-OH is 1. The van der Waals surface area contributed by atoms with E-state index in [0.29, 0.717) is 12.8 Å². The van der Waals surface area contributed by atoms with Gasteiger partial charge in [0.15, 0.2) is 0 Å². The fourth-order valence-electron chi connectivity index (χ4n) is 1.63. The van der Waals surface area contributed by atoms with Crippen LogP contribution in [0.2, 0.25) is 0 Å². The Morgan fingerprint density at radius 3 is 2.23 bits per heavy atom. The summed E-state index contributed by atoms with van der Waals surface area (Å²) in [5.74, 6) is -0.147. The molecule has 3 heteroatoms. The van der Waals surface area contributed by atoms with Crippen LogP contribution in [0.5, 0.6) is 0 Å². The Kier molecular flexibility index (Phi) is 5.71. The molecule has 1 N–H and O–H groups in total. The molecule has 13 heavy (non-hydrogen) atoms. The lowest BCUT2D eigenvalue weighted by atomic mass is 9.78. The monoisotopic (exact) mass is 188 g/mol. The zero-order valence-corrected chi connectivity index (χ0v) is 8.80. The summed E-state index contributed by atoms with van der Waals surface area (Å²) in [6.07, 6.45) is 2.92. The van der Waals surface area contributed by atoms with Crippen molar-refractivity contribution in [2.75, 3.05) is 13.7 Å². The van der Waals surface area contributed by atoms with E-state index in [4.69, 9.17) is 9.84 Å². The van der Waals surface area contributed by atoms with Gasteiger partial charge in [0.05, 0.1) is 12.5 Å². The number of rotatable bonds is 6. The first-order valence-electron chi connectivity index (χ1n) is 4.86. The topological polar surface area (TPSA) is 46.5 Å². The number of esters is 1. The molecule has 0 spiro atoms. The molecule has 0 aromatic rings. The summed E-state index contributed by atoms with van der Waals surface area (Å²) in [6, 6.07) is 0. The van der Waals surface area contributed by atoms with Crippen LogP contribution in [0.15, 0.2) is 0 Å². The Hall–Kier alpha value is -0.570. The van der Waals surface area contributed by atoms with E-state index in [1.165, 1.54) is 7.11 Å². The van der Waals surface area contributed by atoms with Crippen molar-refractivity contribution >= 4 is 5.97 Å². The quantitative estimate of drug-likeness (QED) is 0.646. The summed E-state index contributed by atoms with van der Waals surface area (Å²) >= 11 is 0. The highest BCUT2D eigenvalue weighted by molar-refractivity contribution is 5.76. The van der Waals surface area contributed by atoms with Crippen molar-refractivity contribution in [2.24, 2.45) is 5.41 Å². The number of methoxy groups -OCH3 is 1. The van der Waals surface area contributed by atoms with Gasteiger partial charge in [-0.2, -0.15) is 0 Å². The Labute approximate surface area is 80.1 Å². The zero-order chi connectivity index (χ0) is 10.3. The van der Waals surface area contributed by atoms with E-state index in [-0.39, 0.29) is 18.0 Å². The second-order valence-corrected chi connectivity index (χ2v) is 3.31. The number of ether oxygens (including phenoxy) is 1. The van der Waals surface area contributed by atoms with Gasteiger partial charge < -0.3 is 9.84 Å². The summed E-state index contributed by atoms with van der Waals surface area (Å²) in [6.45, 7) is 4.11. The molecule has 0 atom stereocenters. The minimum atomic E-state index is -0.377. The molecule has 0 rings (SSSR count). The molecule has 0 aromatic heterocycles. The molecule has 0 aromatic carbocycles. The molecule has 0 amide bonds. The number of aliphatic hydroxyl groups is 1. The van der Waals surface area contributed by atoms with Crippen LogP contribution in [-0.4, -0.2) is 24.8 Å². The predicted molar refractivity (Wildman–Crippen MR) is 51.4 cm³/mol. The fourth-order valence-corrected chi connectivity index (χ4v) is 1.63. The largest absolute Gasteiger partial charge is 0.469 e. The summed E-state index contributed by atoms with van der Waals surface area (Å²) in [5, 5.41) is 8.72. The molecule has 0 aliphatic heterocycles. The van der Waals surface area contributed by atoms with Crippen LogP contribution in [0.25, 0.3) is 0 Å². The maximum Gasteiger partial charge on any atom is 0.311 e. The van der Waals surface area contributed by atoms with Crippen molar-refractivity contribution in [1.82, 2.24) is 0 Å².